The third kappa shape index (κ3) is 4.76. The number of ether oxygens (including phenoxy) is 1. The maximum Gasteiger partial charge on any atom is 0.244 e. The third-order valence-electron chi connectivity index (χ3n) is 5.36. The van der Waals surface area contributed by atoms with Crippen LogP contribution in [-0.4, -0.2) is 19.6 Å². The van der Waals surface area contributed by atoms with Crippen LogP contribution in [0.5, 0.6) is 5.75 Å². The number of aryl methyl sites for hydroxylation is 2. The lowest BCUT2D eigenvalue weighted by atomic mass is 9.96. The Morgan fingerprint density at radius 1 is 1.17 bits per heavy atom. The second kappa shape index (κ2) is 9.21. The van der Waals surface area contributed by atoms with Gasteiger partial charge in [0.1, 0.15) is 11.3 Å². The molecular weight excluding hydrogens is 374 g/mol. The van der Waals surface area contributed by atoms with Crippen molar-refractivity contribution in [3.8, 4) is 16.9 Å². The van der Waals surface area contributed by atoms with Crippen molar-refractivity contribution in [2.75, 3.05) is 13.7 Å². The maximum absolute atomic E-state index is 12.3. The molecule has 0 saturated heterocycles. The van der Waals surface area contributed by atoms with Gasteiger partial charge in [-0.3, -0.25) is 4.79 Å². The molecule has 4 heteroatoms. The van der Waals surface area contributed by atoms with Crippen LogP contribution < -0.4 is 10.1 Å². The molecule has 0 aliphatic rings. The van der Waals surface area contributed by atoms with E-state index in [0.717, 1.165) is 39.7 Å². The molecule has 30 heavy (non-hydrogen) atoms. The van der Waals surface area contributed by atoms with Gasteiger partial charge in [-0.05, 0) is 55.9 Å². The number of methoxy groups -OCH3 is 1. The van der Waals surface area contributed by atoms with E-state index in [4.69, 9.17) is 9.15 Å². The highest BCUT2D eigenvalue weighted by molar-refractivity contribution is 6.00. The molecule has 1 amide bonds. The number of nitrogens with one attached hydrogen (secondary N) is 1. The fourth-order valence-electron chi connectivity index (χ4n) is 3.67. The van der Waals surface area contributed by atoms with Gasteiger partial charge in [-0.2, -0.15) is 0 Å². The Kier molecular flexibility index (Phi) is 6.66. The van der Waals surface area contributed by atoms with E-state index in [1.807, 2.05) is 13.0 Å². The highest BCUT2D eigenvalue weighted by atomic mass is 16.5. The summed E-state index contributed by atoms with van der Waals surface area (Å²) in [5, 5.41) is 3.96. The third-order valence-corrected chi connectivity index (χ3v) is 5.36. The van der Waals surface area contributed by atoms with E-state index >= 15 is 0 Å². The largest absolute Gasteiger partial charge is 0.496 e. The molecule has 0 radical (unpaired) electrons. The summed E-state index contributed by atoms with van der Waals surface area (Å²) in [4.78, 5) is 12.3. The Labute approximate surface area is 178 Å². The molecule has 1 aromatic heterocycles. The number of rotatable bonds is 7. The molecule has 0 saturated carbocycles. The van der Waals surface area contributed by atoms with Crippen molar-refractivity contribution in [3.05, 3.63) is 59.4 Å². The SMILES string of the molecule is COc1cc2occ(-c3ccc(C)cc3C)c2cc1/C(C)=C/C(=O)NCCC(C)C. The number of furan rings is 1. The minimum Gasteiger partial charge on any atom is -0.496 e. The van der Waals surface area contributed by atoms with Crippen LogP contribution in [0.1, 0.15) is 43.9 Å². The van der Waals surface area contributed by atoms with Gasteiger partial charge in [-0.25, -0.2) is 0 Å². The van der Waals surface area contributed by atoms with Crippen LogP contribution >= 0.6 is 0 Å². The minimum atomic E-state index is -0.0860. The molecule has 0 atom stereocenters. The van der Waals surface area contributed by atoms with Gasteiger partial charge in [0.25, 0.3) is 0 Å². The molecule has 1 N–H and O–H groups in total. The fraction of sp³-hybridized carbons (Fsp3) is 0.346. The summed E-state index contributed by atoms with van der Waals surface area (Å²) < 4.78 is 11.4. The highest BCUT2D eigenvalue weighted by Crippen LogP contribution is 2.38. The smallest absolute Gasteiger partial charge is 0.244 e. The standard InChI is InChI=1S/C26H31NO3/c1-16(2)9-10-27-26(28)12-19(5)21-13-22-23(15-30-25(22)14-24(21)29-6)20-8-7-17(3)11-18(20)4/h7-8,11-16H,9-10H2,1-6H3,(H,27,28)/b19-12+. The summed E-state index contributed by atoms with van der Waals surface area (Å²) in [6.45, 7) is 11.1. The number of fused-ring (bicyclic) bond motifs is 1. The van der Waals surface area contributed by atoms with Crippen molar-refractivity contribution in [1.29, 1.82) is 0 Å². The molecule has 3 aromatic rings. The zero-order valence-corrected chi connectivity index (χ0v) is 18.8. The number of carbonyl (C=O) groups is 1. The average molecular weight is 406 g/mol. The first kappa shape index (κ1) is 21.7. The van der Waals surface area contributed by atoms with Crippen molar-refractivity contribution in [2.45, 2.75) is 41.0 Å². The zero-order valence-electron chi connectivity index (χ0n) is 18.8. The lowest BCUT2D eigenvalue weighted by Crippen LogP contribution is -2.23. The summed E-state index contributed by atoms with van der Waals surface area (Å²) in [5.41, 5.74) is 7.12. The molecule has 2 aromatic carbocycles. The summed E-state index contributed by atoms with van der Waals surface area (Å²) >= 11 is 0. The van der Waals surface area contributed by atoms with Crippen LogP contribution in [0.3, 0.4) is 0 Å². The van der Waals surface area contributed by atoms with Crippen molar-refractivity contribution in [3.63, 3.8) is 0 Å². The number of hydrogen-bond acceptors (Lipinski definition) is 3. The highest BCUT2D eigenvalue weighted by Gasteiger charge is 2.16. The van der Waals surface area contributed by atoms with Gasteiger partial charge in [0.15, 0.2) is 0 Å². The Morgan fingerprint density at radius 2 is 1.93 bits per heavy atom. The summed E-state index contributed by atoms with van der Waals surface area (Å²) in [5.74, 6) is 1.16. The Balaban J connectivity index is 2.00. The molecule has 1 heterocycles. The maximum atomic E-state index is 12.3. The summed E-state index contributed by atoms with van der Waals surface area (Å²) in [6.07, 6.45) is 4.40. The van der Waals surface area contributed by atoms with Crippen LogP contribution in [0.4, 0.5) is 0 Å². The number of amides is 1. The molecule has 3 rings (SSSR count). The molecule has 158 valence electrons. The lowest BCUT2D eigenvalue weighted by molar-refractivity contribution is -0.116. The van der Waals surface area contributed by atoms with Crippen molar-refractivity contribution >= 4 is 22.4 Å². The zero-order chi connectivity index (χ0) is 21.8. The molecule has 0 bridgehead atoms. The van der Waals surface area contributed by atoms with E-state index in [2.05, 4.69) is 57.3 Å². The fourth-order valence-corrected chi connectivity index (χ4v) is 3.67. The molecule has 0 spiro atoms. The molecule has 0 unspecified atom stereocenters. The van der Waals surface area contributed by atoms with Crippen LogP contribution in [0, 0.1) is 19.8 Å². The first-order valence-corrected chi connectivity index (χ1v) is 10.4. The minimum absolute atomic E-state index is 0.0860. The second-order valence-electron chi connectivity index (χ2n) is 8.32. The first-order valence-electron chi connectivity index (χ1n) is 10.4. The van der Waals surface area contributed by atoms with E-state index in [1.165, 1.54) is 11.1 Å². The van der Waals surface area contributed by atoms with Gasteiger partial charge in [0.2, 0.25) is 5.91 Å². The first-order chi connectivity index (χ1) is 14.3. The van der Waals surface area contributed by atoms with Gasteiger partial charge < -0.3 is 14.5 Å². The van der Waals surface area contributed by atoms with Crippen LogP contribution in [0.15, 0.2) is 47.1 Å². The molecule has 0 aliphatic carbocycles. The number of benzene rings is 2. The Bertz CT molecular complexity index is 1090. The second-order valence-corrected chi connectivity index (χ2v) is 8.32. The van der Waals surface area contributed by atoms with Gasteiger partial charge in [-0.1, -0.05) is 37.6 Å². The number of allylic oxidation sites excluding steroid dienone is 1. The quantitative estimate of drug-likeness (QED) is 0.470. The van der Waals surface area contributed by atoms with Crippen molar-refractivity contribution < 1.29 is 13.9 Å². The van der Waals surface area contributed by atoms with Gasteiger partial charge >= 0.3 is 0 Å². The predicted octanol–water partition coefficient (Wildman–Crippen LogP) is 6.29. The predicted molar refractivity (Wildman–Crippen MR) is 124 cm³/mol. The lowest BCUT2D eigenvalue weighted by Gasteiger charge is -2.11. The molecular formula is C26H31NO3. The van der Waals surface area contributed by atoms with Crippen LogP contribution in [0.2, 0.25) is 0 Å². The van der Waals surface area contributed by atoms with E-state index in [1.54, 1.807) is 19.4 Å². The number of carbonyl (C=O) groups excluding carboxylic acids is 1. The van der Waals surface area contributed by atoms with Crippen LogP contribution in [0.25, 0.3) is 27.7 Å². The van der Waals surface area contributed by atoms with Crippen molar-refractivity contribution in [1.82, 2.24) is 5.32 Å². The van der Waals surface area contributed by atoms with E-state index in [9.17, 15) is 4.79 Å². The van der Waals surface area contributed by atoms with Gasteiger partial charge in [0.05, 0.1) is 13.4 Å². The average Bonchev–Trinajstić information content (AvgIpc) is 3.09. The monoisotopic (exact) mass is 405 g/mol. The van der Waals surface area contributed by atoms with E-state index < -0.39 is 0 Å². The topological polar surface area (TPSA) is 51.5 Å². The Morgan fingerprint density at radius 3 is 2.60 bits per heavy atom. The molecule has 0 aliphatic heterocycles. The van der Waals surface area contributed by atoms with Gasteiger partial charge in [-0.15, -0.1) is 0 Å². The molecule has 4 nitrogen and oxygen atoms in total. The summed E-state index contributed by atoms with van der Waals surface area (Å²) in [7, 11) is 1.63. The van der Waals surface area contributed by atoms with Gasteiger partial charge in [0, 0.05) is 35.2 Å². The molecule has 0 fully saturated rings. The van der Waals surface area contributed by atoms with E-state index in [0.29, 0.717) is 18.2 Å². The van der Waals surface area contributed by atoms with E-state index in [-0.39, 0.29) is 5.91 Å². The normalized spacial score (nSPS) is 11.9. The van der Waals surface area contributed by atoms with Crippen LogP contribution in [-0.2, 0) is 4.79 Å². The van der Waals surface area contributed by atoms with Crippen molar-refractivity contribution in [2.24, 2.45) is 5.92 Å². The summed E-state index contributed by atoms with van der Waals surface area (Å²) in [6, 6.07) is 10.4. The number of hydrogen-bond donors (Lipinski definition) is 1. The Hall–Kier alpha value is -3.01.